The minimum atomic E-state index is -0.0783. The molecule has 2 N–H and O–H groups in total. The molecule has 0 aliphatic rings. The summed E-state index contributed by atoms with van der Waals surface area (Å²) in [5.41, 5.74) is 7.85. The second-order valence-electron chi connectivity index (χ2n) is 4.07. The first-order chi connectivity index (χ1) is 8.99. The molecule has 0 fully saturated rings. The van der Waals surface area contributed by atoms with Crippen molar-refractivity contribution in [3.8, 4) is 0 Å². The Bertz CT molecular complexity index is 613. The maximum Gasteiger partial charge on any atom is 0.258 e. The van der Waals surface area contributed by atoms with E-state index in [1.54, 1.807) is 18.0 Å². The van der Waals surface area contributed by atoms with Gasteiger partial charge in [-0.05, 0) is 65.1 Å². The molecule has 3 nitrogen and oxygen atoms in total. The van der Waals surface area contributed by atoms with Crippen LogP contribution < -0.4 is 10.6 Å². The van der Waals surface area contributed by atoms with Gasteiger partial charge in [0.15, 0.2) is 0 Å². The first-order valence-electron chi connectivity index (χ1n) is 5.57. The van der Waals surface area contributed by atoms with E-state index in [-0.39, 0.29) is 5.91 Å². The molecule has 1 amide bonds. The van der Waals surface area contributed by atoms with E-state index < -0.39 is 0 Å². The van der Waals surface area contributed by atoms with E-state index in [2.05, 4.69) is 38.5 Å². The maximum atomic E-state index is 12.3. The number of benzene rings is 2. The lowest BCUT2D eigenvalue weighted by atomic mass is 10.2. The van der Waals surface area contributed by atoms with Crippen molar-refractivity contribution in [2.75, 3.05) is 17.7 Å². The Balaban J connectivity index is 2.30. The van der Waals surface area contributed by atoms with Gasteiger partial charge in [-0.25, -0.2) is 0 Å². The summed E-state index contributed by atoms with van der Waals surface area (Å²) in [7, 11) is 1.72. The lowest BCUT2D eigenvalue weighted by molar-refractivity contribution is 0.0993. The summed E-state index contributed by atoms with van der Waals surface area (Å²) in [5.74, 6) is -0.0783. The average molecular weight is 431 g/mol. The van der Waals surface area contributed by atoms with Crippen LogP contribution in [0.25, 0.3) is 0 Å². The largest absolute Gasteiger partial charge is 0.397 e. The lowest BCUT2D eigenvalue weighted by Gasteiger charge is -2.19. The highest BCUT2D eigenvalue weighted by atomic mass is 127. The van der Waals surface area contributed by atoms with Crippen LogP contribution in [0.1, 0.15) is 10.4 Å². The third-order valence-corrected chi connectivity index (χ3v) is 3.96. The van der Waals surface area contributed by atoms with E-state index >= 15 is 0 Å². The fraction of sp³-hybridized carbons (Fsp3) is 0.0714. The van der Waals surface area contributed by atoms with Crippen molar-refractivity contribution in [1.82, 2.24) is 0 Å². The maximum absolute atomic E-state index is 12.3. The molecule has 2 rings (SSSR count). The van der Waals surface area contributed by atoms with Gasteiger partial charge in [0.1, 0.15) is 0 Å². The van der Waals surface area contributed by atoms with Crippen molar-refractivity contribution in [1.29, 1.82) is 0 Å². The lowest BCUT2D eigenvalue weighted by Crippen LogP contribution is -2.27. The molecule has 0 heterocycles. The van der Waals surface area contributed by atoms with Gasteiger partial charge in [0.2, 0.25) is 0 Å². The topological polar surface area (TPSA) is 46.3 Å². The number of rotatable bonds is 2. The summed E-state index contributed by atoms with van der Waals surface area (Å²) >= 11 is 5.56. The van der Waals surface area contributed by atoms with Gasteiger partial charge in [0.25, 0.3) is 5.91 Å². The number of hydrogen-bond donors (Lipinski definition) is 1. The van der Waals surface area contributed by atoms with Gasteiger partial charge in [-0.15, -0.1) is 0 Å². The molecule has 0 atom stereocenters. The summed E-state index contributed by atoms with van der Waals surface area (Å²) in [6, 6.07) is 12.9. The third kappa shape index (κ3) is 3.27. The second kappa shape index (κ2) is 5.92. The van der Waals surface area contributed by atoms with Crippen LogP contribution in [-0.4, -0.2) is 13.0 Å². The van der Waals surface area contributed by atoms with E-state index in [1.807, 2.05) is 36.4 Å². The quantitative estimate of drug-likeness (QED) is 0.579. The Morgan fingerprint density at radius 3 is 2.42 bits per heavy atom. The second-order valence-corrected chi connectivity index (χ2v) is 6.24. The van der Waals surface area contributed by atoms with Crippen molar-refractivity contribution in [3.05, 3.63) is 56.1 Å². The molecule has 0 saturated heterocycles. The van der Waals surface area contributed by atoms with Crippen LogP contribution in [0.5, 0.6) is 0 Å². The summed E-state index contributed by atoms with van der Waals surface area (Å²) in [6.45, 7) is 0. The van der Waals surface area contributed by atoms with Crippen LogP contribution in [0.3, 0.4) is 0 Å². The van der Waals surface area contributed by atoms with Crippen LogP contribution in [0.15, 0.2) is 46.9 Å². The molecule has 0 bridgehead atoms. The van der Waals surface area contributed by atoms with Crippen molar-refractivity contribution >= 4 is 55.8 Å². The predicted molar refractivity (Wildman–Crippen MR) is 90.4 cm³/mol. The molecule has 0 spiro atoms. The molecule has 0 radical (unpaired) electrons. The van der Waals surface area contributed by atoms with Crippen molar-refractivity contribution in [2.45, 2.75) is 0 Å². The molecule has 0 aliphatic carbocycles. The number of nitrogens with zero attached hydrogens (tertiary/aromatic N) is 1. The monoisotopic (exact) mass is 430 g/mol. The minimum absolute atomic E-state index is 0.0783. The molecule has 0 unspecified atom stereocenters. The van der Waals surface area contributed by atoms with Crippen LogP contribution >= 0.6 is 38.5 Å². The van der Waals surface area contributed by atoms with Crippen LogP contribution in [-0.2, 0) is 0 Å². The molecule has 0 aromatic heterocycles. The zero-order valence-corrected chi connectivity index (χ0v) is 14.0. The summed E-state index contributed by atoms with van der Waals surface area (Å²) in [4.78, 5) is 13.9. The Hall–Kier alpha value is -1.08. The van der Waals surface area contributed by atoms with Gasteiger partial charge in [-0.1, -0.05) is 15.9 Å². The third-order valence-electron chi connectivity index (χ3n) is 2.75. The van der Waals surface area contributed by atoms with E-state index in [0.717, 1.165) is 8.04 Å². The Morgan fingerprint density at radius 1 is 1.21 bits per heavy atom. The van der Waals surface area contributed by atoms with E-state index in [9.17, 15) is 4.79 Å². The number of hydrogen-bond acceptors (Lipinski definition) is 2. The van der Waals surface area contributed by atoms with Gasteiger partial charge in [-0.3, -0.25) is 4.79 Å². The fourth-order valence-electron chi connectivity index (χ4n) is 1.73. The van der Waals surface area contributed by atoms with E-state index in [1.165, 1.54) is 0 Å². The number of carbonyl (C=O) groups is 1. The summed E-state index contributed by atoms with van der Waals surface area (Å²) < 4.78 is 1.99. The van der Waals surface area contributed by atoms with Crippen molar-refractivity contribution in [3.63, 3.8) is 0 Å². The summed E-state index contributed by atoms with van der Waals surface area (Å²) in [5, 5.41) is 0. The first-order valence-corrected chi connectivity index (χ1v) is 7.45. The molecular formula is C14H12BrIN2O. The SMILES string of the molecule is CN(C(=O)c1ccc(I)cc1)c1ccc(Br)cc1N. The van der Waals surface area contributed by atoms with Crippen molar-refractivity contribution < 1.29 is 4.79 Å². The predicted octanol–water partition coefficient (Wildman–Crippen LogP) is 3.91. The molecule has 5 heteroatoms. The normalized spacial score (nSPS) is 10.3. The molecular weight excluding hydrogens is 419 g/mol. The van der Waals surface area contributed by atoms with Crippen LogP contribution in [0.2, 0.25) is 0 Å². The number of anilines is 2. The number of halogens is 2. The highest BCUT2D eigenvalue weighted by Gasteiger charge is 2.15. The molecule has 0 saturated carbocycles. The van der Waals surface area contributed by atoms with E-state index in [4.69, 9.17) is 5.73 Å². The zero-order valence-electron chi connectivity index (χ0n) is 10.2. The molecule has 98 valence electrons. The Morgan fingerprint density at radius 2 is 1.84 bits per heavy atom. The molecule has 19 heavy (non-hydrogen) atoms. The smallest absolute Gasteiger partial charge is 0.258 e. The number of amides is 1. The Labute approximate surface area is 134 Å². The van der Waals surface area contributed by atoms with Gasteiger partial charge >= 0.3 is 0 Å². The number of nitrogen functional groups attached to an aromatic ring is 1. The van der Waals surface area contributed by atoms with Gasteiger partial charge in [0, 0.05) is 20.7 Å². The molecule has 2 aromatic carbocycles. The number of nitrogens with two attached hydrogens (primary N) is 1. The fourth-order valence-corrected chi connectivity index (χ4v) is 2.46. The highest BCUT2D eigenvalue weighted by molar-refractivity contribution is 14.1. The Kier molecular flexibility index (Phi) is 4.46. The zero-order chi connectivity index (χ0) is 14.0. The van der Waals surface area contributed by atoms with Gasteiger partial charge in [-0.2, -0.15) is 0 Å². The van der Waals surface area contributed by atoms with Crippen molar-refractivity contribution in [2.24, 2.45) is 0 Å². The first kappa shape index (κ1) is 14.3. The molecule has 2 aromatic rings. The van der Waals surface area contributed by atoms with Gasteiger partial charge < -0.3 is 10.6 Å². The standard InChI is InChI=1S/C14H12BrIN2O/c1-18(13-7-4-10(15)8-12(13)17)14(19)9-2-5-11(16)6-3-9/h2-8H,17H2,1H3. The number of carbonyl (C=O) groups excluding carboxylic acids is 1. The van der Waals surface area contributed by atoms with E-state index in [0.29, 0.717) is 16.9 Å². The van der Waals surface area contributed by atoms with Crippen LogP contribution in [0.4, 0.5) is 11.4 Å². The highest BCUT2D eigenvalue weighted by Crippen LogP contribution is 2.27. The summed E-state index contributed by atoms with van der Waals surface area (Å²) in [6.07, 6.45) is 0. The minimum Gasteiger partial charge on any atom is -0.397 e. The molecule has 0 aliphatic heterocycles. The van der Waals surface area contributed by atoms with Crippen LogP contribution in [0, 0.1) is 3.57 Å². The van der Waals surface area contributed by atoms with Gasteiger partial charge in [0.05, 0.1) is 11.4 Å². The average Bonchev–Trinajstić information content (AvgIpc) is 2.38.